The lowest BCUT2D eigenvalue weighted by molar-refractivity contribution is 0.102. The molecule has 0 atom stereocenters. The lowest BCUT2D eigenvalue weighted by atomic mass is 10.2. The minimum atomic E-state index is -0.229. The molecular formula is C14H17N3O2S. The van der Waals surface area contributed by atoms with Crippen LogP contribution in [-0.4, -0.2) is 17.5 Å². The van der Waals surface area contributed by atoms with Gasteiger partial charge in [0.1, 0.15) is 5.75 Å². The second kappa shape index (κ2) is 6.38. The van der Waals surface area contributed by atoms with Crippen LogP contribution in [0.25, 0.3) is 0 Å². The van der Waals surface area contributed by atoms with Crippen molar-refractivity contribution < 1.29 is 9.53 Å². The molecule has 0 aliphatic heterocycles. The van der Waals surface area contributed by atoms with Crippen molar-refractivity contribution in [3.05, 3.63) is 34.8 Å². The number of hydrogen-bond donors (Lipinski definition) is 2. The minimum absolute atomic E-state index is 0.229. The first-order valence-corrected chi connectivity index (χ1v) is 7.18. The number of amides is 1. The first-order chi connectivity index (χ1) is 9.60. The molecule has 0 spiro atoms. The van der Waals surface area contributed by atoms with Crippen LogP contribution in [0.15, 0.2) is 24.4 Å². The SMILES string of the molecule is CCCOc1ccc(C(=O)Nc2ncc(C)s2)cc1N. The van der Waals surface area contributed by atoms with E-state index in [1.54, 1.807) is 24.4 Å². The molecule has 0 bridgehead atoms. The zero-order valence-corrected chi connectivity index (χ0v) is 12.3. The third kappa shape index (κ3) is 3.48. The van der Waals surface area contributed by atoms with Gasteiger partial charge in [-0.1, -0.05) is 6.92 Å². The van der Waals surface area contributed by atoms with E-state index in [0.29, 0.717) is 28.7 Å². The van der Waals surface area contributed by atoms with Gasteiger partial charge in [0.05, 0.1) is 12.3 Å². The molecule has 0 aliphatic rings. The summed E-state index contributed by atoms with van der Waals surface area (Å²) < 4.78 is 5.48. The van der Waals surface area contributed by atoms with Gasteiger partial charge in [-0.3, -0.25) is 10.1 Å². The van der Waals surface area contributed by atoms with E-state index in [-0.39, 0.29) is 5.91 Å². The predicted molar refractivity (Wildman–Crippen MR) is 81.4 cm³/mol. The van der Waals surface area contributed by atoms with Crippen LogP contribution in [0.5, 0.6) is 5.75 Å². The molecule has 0 unspecified atom stereocenters. The number of nitrogens with zero attached hydrogens (tertiary/aromatic N) is 1. The van der Waals surface area contributed by atoms with Crippen LogP contribution < -0.4 is 15.8 Å². The van der Waals surface area contributed by atoms with Crippen molar-refractivity contribution in [1.82, 2.24) is 4.98 Å². The predicted octanol–water partition coefficient (Wildman–Crippen LogP) is 3.07. The smallest absolute Gasteiger partial charge is 0.257 e. The van der Waals surface area contributed by atoms with Crippen LogP contribution in [0.2, 0.25) is 0 Å². The molecule has 0 saturated heterocycles. The minimum Gasteiger partial charge on any atom is -0.491 e. The van der Waals surface area contributed by atoms with Gasteiger partial charge in [-0.05, 0) is 31.5 Å². The average Bonchev–Trinajstić information content (AvgIpc) is 2.82. The molecule has 0 radical (unpaired) electrons. The quantitative estimate of drug-likeness (QED) is 0.830. The number of carbonyl (C=O) groups excluding carboxylic acids is 1. The highest BCUT2D eigenvalue weighted by atomic mass is 32.1. The highest BCUT2D eigenvalue weighted by Gasteiger charge is 2.10. The van der Waals surface area contributed by atoms with Crippen molar-refractivity contribution in [2.75, 3.05) is 17.7 Å². The molecule has 1 amide bonds. The molecule has 0 fully saturated rings. The maximum atomic E-state index is 12.1. The molecule has 1 heterocycles. The molecule has 20 heavy (non-hydrogen) atoms. The Balaban J connectivity index is 2.08. The molecular weight excluding hydrogens is 274 g/mol. The highest BCUT2D eigenvalue weighted by molar-refractivity contribution is 7.15. The number of nitrogens with two attached hydrogens (primary N) is 1. The molecule has 0 aliphatic carbocycles. The molecule has 2 aromatic rings. The summed E-state index contributed by atoms with van der Waals surface area (Å²) in [6.07, 6.45) is 2.63. The van der Waals surface area contributed by atoms with E-state index in [2.05, 4.69) is 10.3 Å². The van der Waals surface area contributed by atoms with Gasteiger partial charge in [-0.2, -0.15) is 0 Å². The van der Waals surface area contributed by atoms with Crippen LogP contribution in [0.4, 0.5) is 10.8 Å². The Labute approximate surface area is 121 Å². The zero-order chi connectivity index (χ0) is 14.5. The summed E-state index contributed by atoms with van der Waals surface area (Å²) in [6, 6.07) is 5.02. The summed E-state index contributed by atoms with van der Waals surface area (Å²) in [5.74, 6) is 0.376. The van der Waals surface area contributed by atoms with Crippen molar-refractivity contribution in [1.29, 1.82) is 0 Å². The average molecular weight is 291 g/mol. The number of hydrogen-bond acceptors (Lipinski definition) is 5. The second-order valence-corrected chi connectivity index (χ2v) is 5.57. The van der Waals surface area contributed by atoms with Gasteiger partial charge in [0.25, 0.3) is 5.91 Å². The number of benzene rings is 1. The van der Waals surface area contributed by atoms with Gasteiger partial charge in [-0.25, -0.2) is 4.98 Å². The Morgan fingerprint density at radius 3 is 2.90 bits per heavy atom. The van der Waals surface area contributed by atoms with E-state index in [0.717, 1.165) is 11.3 Å². The number of nitrogens with one attached hydrogen (secondary N) is 1. The Morgan fingerprint density at radius 2 is 2.30 bits per heavy atom. The number of aryl methyl sites for hydroxylation is 1. The zero-order valence-electron chi connectivity index (χ0n) is 11.5. The van der Waals surface area contributed by atoms with Crippen molar-refractivity contribution in [2.45, 2.75) is 20.3 Å². The monoisotopic (exact) mass is 291 g/mol. The summed E-state index contributed by atoms with van der Waals surface area (Å²) in [6.45, 7) is 4.56. The summed E-state index contributed by atoms with van der Waals surface area (Å²) >= 11 is 1.43. The lowest BCUT2D eigenvalue weighted by Gasteiger charge is -2.09. The fourth-order valence-corrected chi connectivity index (χ4v) is 2.27. The van der Waals surface area contributed by atoms with E-state index in [1.165, 1.54) is 11.3 Å². The Kier molecular flexibility index (Phi) is 4.57. The first-order valence-electron chi connectivity index (χ1n) is 6.36. The number of carbonyl (C=O) groups is 1. The Bertz CT molecular complexity index is 610. The van der Waals surface area contributed by atoms with Crippen LogP contribution in [-0.2, 0) is 0 Å². The third-order valence-corrected chi connectivity index (χ3v) is 3.40. The second-order valence-electron chi connectivity index (χ2n) is 4.33. The van der Waals surface area contributed by atoms with Gasteiger partial charge in [-0.15, -0.1) is 11.3 Å². The molecule has 3 N–H and O–H groups in total. The molecule has 106 valence electrons. The fraction of sp³-hybridized carbons (Fsp3) is 0.286. The number of ether oxygens (including phenoxy) is 1. The molecule has 0 saturated carbocycles. The van der Waals surface area contributed by atoms with Crippen LogP contribution in [0.1, 0.15) is 28.6 Å². The lowest BCUT2D eigenvalue weighted by Crippen LogP contribution is -2.12. The van der Waals surface area contributed by atoms with Crippen LogP contribution in [0, 0.1) is 6.92 Å². The highest BCUT2D eigenvalue weighted by Crippen LogP contribution is 2.24. The Hall–Kier alpha value is -2.08. The van der Waals surface area contributed by atoms with E-state index in [1.807, 2.05) is 13.8 Å². The molecule has 5 nitrogen and oxygen atoms in total. The maximum absolute atomic E-state index is 12.1. The summed E-state index contributed by atoms with van der Waals surface area (Å²) in [5, 5.41) is 3.32. The molecule has 6 heteroatoms. The standard InChI is InChI=1S/C14H17N3O2S/c1-3-6-19-12-5-4-10(7-11(12)15)13(18)17-14-16-8-9(2)20-14/h4-5,7-8H,3,6,15H2,1-2H3,(H,16,17,18). The van der Waals surface area contributed by atoms with E-state index >= 15 is 0 Å². The fourth-order valence-electron chi connectivity index (χ4n) is 1.61. The summed E-state index contributed by atoms with van der Waals surface area (Å²) in [7, 11) is 0. The van der Waals surface area contributed by atoms with Crippen molar-refractivity contribution >= 4 is 28.1 Å². The van der Waals surface area contributed by atoms with Gasteiger partial charge in [0, 0.05) is 16.6 Å². The number of nitrogen functional groups attached to an aromatic ring is 1. The van der Waals surface area contributed by atoms with E-state index in [4.69, 9.17) is 10.5 Å². The largest absolute Gasteiger partial charge is 0.491 e. The number of rotatable bonds is 5. The van der Waals surface area contributed by atoms with Gasteiger partial charge < -0.3 is 10.5 Å². The topological polar surface area (TPSA) is 77.2 Å². The summed E-state index contributed by atoms with van der Waals surface area (Å²) in [4.78, 5) is 17.2. The molecule has 2 rings (SSSR count). The normalized spacial score (nSPS) is 10.3. The van der Waals surface area contributed by atoms with E-state index in [9.17, 15) is 4.79 Å². The van der Waals surface area contributed by atoms with Crippen LogP contribution >= 0.6 is 11.3 Å². The molecule has 1 aromatic carbocycles. The summed E-state index contributed by atoms with van der Waals surface area (Å²) in [5.41, 5.74) is 6.82. The molecule has 1 aromatic heterocycles. The van der Waals surface area contributed by atoms with E-state index < -0.39 is 0 Å². The third-order valence-electron chi connectivity index (χ3n) is 2.58. The van der Waals surface area contributed by atoms with Gasteiger partial charge in [0.2, 0.25) is 0 Å². The van der Waals surface area contributed by atoms with Crippen molar-refractivity contribution in [3.8, 4) is 5.75 Å². The number of anilines is 2. The van der Waals surface area contributed by atoms with Crippen molar-refractivity contribution in [3.63, 3.8) is 0 Å². The van der Waals surface area contributed by atoms with Crippen molar-refractivity contribution in [2.24, 2.45) is 0 Å². The van der Waals surface area contributed by atoms with Gasteiger partial charge in [0.15, 0.2) is 5.13 Å². The van der Waals surface area contributed by atoms with Gasteiger partial charge >= 0.3 is 0 Å². The first kappa shape index (κ1) is 14.3. The number of thiazole rings is 1. The van der Waals surface area contributed by atoms with Crippen LogP contribution in [0.3, 0.4) is 0 Å². The Morgan fingerprint density at radius 1 is 1.50 bits per heavy atom. The maximum Gasteiger partial charge on any atom is 0.257 e. The number of aromatic nitrogens is 1.